The lowest BCUT2D eigenvalue weighted by Gasteiger charge is -2.24. The predicted octanol–water partition coefficient (Wildman–Crippen LogP) is 4.87. The molecule has 1 aliphatic heterocycles. The van der Waals surface area contributed by atoms with Crippen LogP contribution in [0.4, 0.5) is 0 Å². The molecule has 9 nitrogen and oxygen atoms in total. The molecule has 1 aliphatic rings. The lowest BCUT2D eigenvalue weighted by molar-refractivity contribution is 0.392. The van der Waals surface area contributed by atoms with Crippen LogP contribution >= 0.6 is 0 Å². The Morgan fingerprint density at radius 2 is 1.74 bits per heavy atom. The van der Waals surface area contributed by atoms with Crippen molar-refractivity contribution >= 4 is 5.65 Å². The molecule has 0 fully saturated rings. The first-order valence-electron chi connectivity index (χ1n) is 11.1. The number of aromatic hydroxyl groups is 1. The molecule has 9 heteroatoms. The molecule has 4 aromatic heterocycles. The molecule has 170 valence electrons. The third-order valence-electron chi connectivity index (χ3n) is 6.19. The molecule has 0 aliphatic carbocycles. The molecule has 2 aromatic carbocycles. The number of phenolic OH excluding ortho intramolecular Hbond substituents is 1. The average Bonchev–Trinajstić information content (AvgIpc) is 3.63. The van der Waals surface area contributed by atoms with E-state index in [-0.39, 0.29) is 11.7 Å². The van der Waals surface area contributed by atoms with E-state index in [1.54, 1.807) is 40.0 Å². The Balaban J connectivity index is 1.49. The molecule has 1 unspecified atom stereocenters. The summed E-state index contributed by atoms with van der Waals surface area (Å²) < 4.78 is 15.7. The molecule has 0 saturated heterocycles. The zero-order valence-corrected chi connectivity index (χ0v) is 18.5. The van der Waals surface area contributed by atoms with E-state index >= 15 is 0 Å². The second-order valence-electron chi connectivity index (χ2n) is 8.29. The summed E-state index contributed by atoms with van der Waals surface area (Å²) in [6, 6.07) is 20.6. The first kappa shape index (κ1) is 19.5. The lowest BCUT2D eigenvalue weighted by Crippen LogP contribution is -2.15. The van der Waals surface area contributed by atoms with Crippen LogP contribution in [0.15, 0.2) is 83.7 Å². The van der Waals surface area contributed by atoms with Crippen LogP contribution in [0.25, 0.3) is 22.7 Å². The summed E-state index contributed by atoms with van der Waals surface area (Å²) in [7, 11) is 0. The van der Waals surface area contributed by atoms with Crippen molar-refractivity contribution in [3.05, 3.63) is 102 Å². The maximum Gasteiger partial charge on any atom is 0.230 e. The highest BCUT2D eigenvalue weighted by atomic mass is 16.5. The minimum absolute atomic E-state index is 0.103. The van der Waals surface area contributed by atoms with Crippen LogP contribution in [0.2, 0.25) is 0 Å². The third kappa shape index (κ3) is 2.88. The van der Waals surface area contributed by atoms with E-state index in [2.05, 4.69) is 10.1 Å². The van der Waals surface area contributed by atoms with Crippen LogP contribution in [0.1, 0.15) is 28.5 Å². The monoisotopic (exact) mass is 462 g/mol. The Hall–Kier alpha value is -4.92. The van der Waals surface area contributed by atoms with Crippen LogP contribution in [0.3, 0.4) is 0 Å². The zero-order valence-electron chi connectivity index (χ0n) is 18.5. The van der Waals surface area contributed by atoms with Crippen LogP contribution in [0, 0.1) is 6.92 Å². The minimum atomic E-state index is -0.362. The van der Waals surface area contributed by atoms with E-state index in [0.717, 1.165) is 22.5 Å². The first-order valence-corrected chi connectivity index (χ1v) is 11.1. The highest BCUT2D eigenvalue weighted by molar-refractivity contribution is 5.70. The third-order valence-corrected chi connectivity index (χ3v) is 6.19. The summed E-state index contributed by atoms with van der Waals surface area (Å²) in [5.41, 5.74) is 4.37. The second-order valence-corrected chi connectivity index (χ2v) is 8.29. The van der Waals surface area contributed by atoms with E-state index in [1.165, 1.54) is 0 Å². The molecule has 0 bridgehead atoms. The second kappa shape index (κ2) is 7.29. The van der Waals surface area contributed by atoms with Crippen molar-refractivity contribution in [3.8, 4) is 34.6 Å². The summed E-state index contributed by atoms with van der Waals surface area (Å²) in [5, 5.41) is 19.7. The number of para-hydroxylation sites is 2. The maximum absolute atomic E-state index is 10.4. The van der Waals surface area contributed by atoms with Gasteiger partial charge in [-0.3, -0.25) is 0 Å². The van der Waals surface area contributed by atoms with Gasteiger partial charge in [-0.2, -0.15) is 5.10 Å². The number of aryl methyl sites for hydroxylation is 1. The number of fused-ring (bicyclic) bond motifs is 4. The number of furan rings is 1. The van der Waals surface area contributed by atoms with E-state index in [9.17, 15) is 5.11 Å². The quantitative estimate of drug-likeness (QED) is 0.400. The van der Waals surface area contributed by atoms with Crippen LogP contribution < -0.4 is 4.74 Å². The Labute approximate surface area is 198 Å². The van der Waals surface area contributed by atoms with Crippen molar-refractivity contribution < 1.29 is 14.3 Å². The normalized spacial score (nSPS) is 14.5. The molecule has 0 spiro atoms. The predicted molar refractivity (Wildman–Crippen MR) is 126 cm³/mol. The fourth-order valence-corrected chi connectivity index (χ4v) is 4.64. The molecule has 1 N–H and O–H groups in total. The van der Waals surface area contributed by atoms with Crippen molar-refractivity contribution in [3.63, 3.8) is 0 Å². The van der Waals surface area contributed by atoms with E-state index in [4.69, 9.17) is 19.2 Å². The van der Waals surface area contributed by atoms with Gasteiger partial charge in [0.05, 0.1) is 40.3 Å². The summed E-state index contributed by atoms with van der Waals surface area (Å²) in [5.74, 6) is 1.83. The zero-order chi connectivity index (χ0) is 23.5. The van der Waals surface area contributed by atoms with E-state index in [0.29, 0.717) is 34.6 Å². The summed E-state index contributed by atoms with van der Waals surface area (Å²) in [6.07, 6.45) is 3.21. The Kier molecular flexibility index (Phi) is 4.07. The van der Waals surface area contributed by atoms with E-state index in [1.807, 2.05) is 55.5 Å². The average molecular weight is 462 g/mol. The Bertz CT molecular complexity index is 1700. The summed E-state index contributed by atoms with van der Waals surface area (Å²) in [4.78, 5) is 9.36. The number of hydrogen-bond donors (Lipinski definition) is 1. The molecule has 0 radical (unpaired) electrons. The van der Waals surface area contributed by atoms with Crippen LogP contribution in [-0.2, 0) is 0 Å². The Morgan fingerprint density at radius 3 is 2.54 bits per heavy atom. The number of nitrogens with zero attached hydrogens (tertiary/aromatic N) is 6. The standard InChI is InChI=1S/C26H18N6O3/c1-15-20-21(19-12-7-13-34-19)22-24-28-23(17-10-5-6-11-18(17)33)30-31(24)14-27-25(22)35-26(20)32(29-15)16-8-3-2-4-9-16/h2-14,21,33H,1H3. The highest BCUT2D eigenvalue weighted by Crippen LogP contribution is 2.49. The van der Waals surface area contributed by atoms with Crippen molar-refractivity contribution in [2.45, 2.75) is 12.8 Å². The number of rotatable bonds is 3. The smallest absolute Gasteiger partial charge is 0.230 e. The Morgan fingerprint density at radius 1 is 0.914 bits per heavy atom. The van der Waals surface area contributed by atoms with Gasteiger partial charge in [0.2, 0.25) is 11.8 Å². The maximum atomic E-state index is 10.4. The van der Waals surface area contributed by atoms with Gasteiger partial charge in [0, 0.05) is 0 Å². The van der Waals surface area contributed by atoms with Crippen LogP contribution in [0.5, 0.6) is 17.5 Å². The number of phenols is 1. The van der Waals surface area contributed by atoms with Gasteiger partial charge in [0.25, 0.3) is 0 Å². The molecule has 0 amide bonds. The molecule has 1 atom stereocenters. The number of hydrogen-bond acceptors (Lipinski definition) is 7. The molecule has 5 heterocycles. The van der Waals surface area contributed by atoms with Crippen molar-refractivity contribution in [1.82, 2.24) is 29.4 Å². The molecule has 35 heavy (non-hydrogen) atoms. The van der Waals surface area contributed by atoms with Gasteiger partial charge in [0.15, 0.2) is 11.5 Å². The van der Waals surface area contributed by atoms with Gasteiger partial charge >= 0.3 is 0 Å². The van der Waals surface area contributed by atoms with Gasteiger partial charge in [-0.1, -0.05) is 30.3 Å². The van der Waals surface area contributed by atoms with Gasteiger partial charge in [-0.15, -0.1) is 5.10 Å². The number of benzene rings is 2. The van der Waals surface area contributed by atoms with Crippen molar-refractivity contribution in [2.24, 2.45) is 0 Å². The van der Waals surface area contributed by atoms with Gasteiger partial charge in [0.1, 0.15) is 17.8 Å². The highest BCUT2D eigenvalue weighted by Gasteiger charge is 2.39. The molecular weight excluding hydrogens is 444 g/mol. The summed E-state index contributed by atoms with van der Waals surface area (Å²) in [6.45, 7) is 1.95. The number of ether oxygens (including phenoxy) is 1. The van der Waals surface area contributed by atoms with Crippen molar-refractivity contribution in [1.29, 1.82) is 0 Å². The van der Waals surface area contributed by atoms with Crippen molar-refractivity contribution in [2.75, 3.05) is 0 Å². The van der Waals surface area contributed by atoms with Crippen LogP contribution in [-0.4, -0.2) is 34.5 Å². The lowest BCUT2D eigenvalue weighted by atomic mass is 9.88. The van der Waals surface area contributed by atoms with Gasteiger partial charge in [-0.25, -0.2) is 19.2 Å². The molecule has 0 saturated carbocycles. The fraction of sp³-hybridized carbons (Fsp3) is 0.0769. The van der Waals surface area contributed by atoms with Gasteiger partial charge in [-0.05, 0) is 43.3 Å². The number of aromatic nitrogens is 6. The topological polar surface area (TPSA) is 104 Å². The first-order chi connectivity index (χ1) is 17.2. The largest absolute Gasteiger partial charge is 0.507 e. The SMILES string of the molecule is Cc1nn(-c2ccccc2)c2c1C(c1ccco1)c1c(ncn3nc(-c4ccccc4O)nc13)O2. The molecule has 6 aromatic rings. The van der Waals surface area contributed by atoms with Gasteiger partial charge < -0.3 is 14.3 Å². The minimum Gasteiger partial charge on any atom is -0.507 e. The molecule has 7 rings (SSSR count). The molecular formula is C26H18N6O3. The van der Waals surface area contributed by atoms with E-state index < -0.39 is 0 Å². The summed E-state index contributed by atoms with van der Waals surface area (Å²) >= 11 is 0. The fourth-order valence-electron chi connectivity index (χ4n) is 4.64.